The van der Waals surface area contributed by atoms with Gasteiger partial charge in [-0.25, -0.2) is 9.97 Å². The van der Waals surface area contributed by atoms with Crippen molar-refractivity contribution in [2.45, 2.75) is 0 Å². The van der Waals surface area contributed by atoms with Crippen molar-refractivity contribution in [3.8, 4) is 78.4 Å². The molecule has 0 amide bonds. The average Bonchev–Trinajstić information content (AvgIpc) is 3.70. The summed E-state index contributed by atoms with van der Waals surface area (Å²) < 4.78 is 6.25. The lowest BCUT2D eigenvalue weighted by atomic mass is 9.89. The van der Waals surface area contributed by atoms with E-state index >= 15 is 0 Å². The van der Waals surface area contributed by atoms with Gasteiger partial charge in [-0.2, -0.15) is 0 Å². The molecular formula is C56H36N2O. The summed E-state index contributed by atoms with van der Waals surface area (Å²) in [5, 5.41) is 4.64. The molecule has 0 radical (unpaired) electrons. The summed E-state index contributed by atoms with van der Waals surface area (Å²) in [6.45, 7) is 0. The largest absolute Gasteiger partial charge is 0.456 e. The first-order valence-electron chi connectivity index (χ1n) is 20.0. The van der Waals surface area contributed by atoms with Crippen molar-refractivity contribution in [1.29, 1.82) is 0 Å². The smallest absolute Gasteiger partial charge is 0.160 e. The Morgan fingerprint density at radius 1 is 0.271 bits per heavy atom. The molecule has 0 saturated heterocycles. The van der Waals surface area contributed by atoms with Gasteiger partial charge in [-0.1, -0.05) is 170 Å². The van der Waals surface area contributed by atoms with Crippen LogP contribution in [0.4, 0.5) is 0 Å². The van der Waals surface area contributed by atoms with Crippen LogP contribution in [0.3, 0.4) is 0 Å². The highest BCUT2D eigenvalue weighted by Gasteiger charge is 2.17. The van der Waals surface area contributed by atoms with Crippen molar-refractivity contribution in [3.05, 3.63) is 218 Å². The highest BCUT2D eigenvalue weighted by Crippen LogP contribution is 2.40. The predicted octanol–water partition coefficient (Wildman–Crippen LogP) is 15.2. The normalized spacial score (nSPS) is 11.4. The molecule has 2 aromatic heterocycles. The average molecular weight is 753 g/mol. The van der Waals surface area contributed by atoms with E-state index in [1.807, 2.05) is 36.4 Å². The van der Waals surface area contributed by atoms with Crippen molar-refractivity contribution in [2.24, 2.45) is 0 Å². The summed E-state index contributed by atoms with van der Waals surface area (Å²) in [6, 6.07) is 77.2. The van der Waals surface area contributed by atoms with Crippen LogP contribution >= 0.6 is 0 Å². The molecule has 0 unspecified atom stereocenters. The first-order chi connectivity index (χ1) is 29.2. The number of fused-ring (bicyclic) bond motifs is 4. The molecule has 0 fully saturated rings. The van der Waals surface area contributed by atoms with Crippen LogP contribution in [0.1, 0.15) is 0 Å². The molecule has 0 saturated carbocycles. The number of hydrogen-bond acceptors (Lipinski definition) is 3. The Labute approximate surface area is 342 Å². The van der Waals surface area contributed by atoms with E-state index in [-0.39, 0.29) is 0 Å². The molecule has 0 aliphatic carbocycles. The molecule has 0 bridgehead atoms. The van der Waals surface area contributed by atoms with Gasteiger partial charge in [0, 0.05) is 27.5 Å². The molecule has 9 aromatic carbocycles. The van der Waals surface area contributed by atoms with Crippen LogP contribution in [0.2, 0.25) is 0 Å². The Hall–Kier alpha value is -7.88. The minimum Gasteiger partial charge on any atom is -0.456 e. The van der Waals surface area contributed by atoms with Gasteiger partial charge in [-0.3, -0.25) is 0 Å². The topological polar surface area (TPSA) is 38.9 Å². The lowest BCUT2D eigenvalue weighted by Gasteiger charge is -2.16. The van der Waals surface area contributed by atoms with Crippen LogP contribution < -0.4 is 0 Å². The van der Waals surface area contributed by atoms with Gasteiger partial charge in [0.25, 0.3) is 0 Å². The number of aromatic nitrogens is 2. The van der Waals surface area contributed by atoms with Crippen LogP contribution in [0.25, 0.3) is 111 Å². The molecule has 0 N–H and O–H groups in total. The van der Waals surface area contributed by atoms with Gasteiger partial charge in [0.05, 0.1) is 11.4 Å². The zero-order valence-corrected chi connectivity index (χ0v) is 32.1. The van der Waals surface area contributed by atoms with Crippen molar-refractivity contribution < 1.29 is 4.42 Å². The first kappa shape index (κ1) is 34.4. The summed E-state index contributed by atoms with van der Waals surface area (Å²) >= 11 is 0. The van der Waals surface area contributed by atoms with E-state index in [0.717, 1.165) is 77.8 Å². The molecule has 276 valence electrons. The Morgan fingerprint density at radius 3 is 1.61 bits per heavy atom. The third-order valence-electron chi connectivity index (χ3n) is 11.3. The second kappa shape index (κ2) is 14.6. The van der Waals surface area contributed by atoms with E-state index in [9.17, 15) is 0 Å². The van der Waals surface area contributed by atoms with Crippen LogP contribution in [-0.2, 0) is 0 Å². The van der Waals surface area contributed by atoms with Crippen molar-refractivity contribution in [1.82, 2.24) is 9.97 Å². The van der Waals surface area contributed by atoms with E-state index < -0.39 is 0 Å². The Bertz CT molecular complexity index is 3310. The van der Waals surface area contributed by atoms with E-state index in [4.69, 9.17) is 14.4 Å². The van der Waals surface area contributed by atoms with Gasteiger partial charge in [-0.05, 0) is 104 Å². The molecule has 0 aliphatic rings. The fraction of sp³-hybridized carbons (Fsp3) is 0. The SMILES string of the molecule is c1ccc(-c2ccc(-c3cc(-c4cc(-c5ccc6oc7ccccc7c6c5)cc(-c5ccccc5-c5ccc6ccccc6c5)c4)nc(-c4ccccc4)n3)cc2)cc1. The number of hydrogen-bond donors (Lipinski definition) is 0. The highest BCUT2D eigenvalue weighted by atomic mass is 16.3. The molecule has 3 nitrogen and oxygen atoms in total. The summed E-state index contributed by atoms with van der Waals surface area (Å²) in [5.74, 6) is 0.681. The van der Waals surface area contributed by atoms with Gasteiger partial charge < -0.3 is 4.42 Å². The minimum atomic E-state index is 0.681. The number of nitrogens with zero attached hydrogens (tertiary/aromatic N) is 2. The Balaban J connectivity index is 1.12. The molecule has 59 heavy (non-hydrogen) atoms. The maximum absolute atomic E-state index is 6.25. The van der Waals surface area contributed by atoms with Crippen molar-refractivity contribution >= 4 is 32.7 Å². The third-order valence-corrected chi connectivity index (χ3v) is 11.3. The summed E-state index contributed by atoms with van der Waals surface area (Å²) in [7, 11) is 0. The lowest BCUT2D eigenvalue weighted by Crippen LogP contribution is -1.97. The Morgan fingerprint density at radius 2 is 0.814 bits per heavy atom. The fourth-order valence-electron chi connectivity index (χ4n) is 8.27. The van der Waals surface area contributed by atoms with Crippen LogP contribution in [0, 0.1) is 0 Å². The van der Waals surface area contributed by atoms with Gasteiger partial charge in [-0.15, -0.1) is 0 Å². The summed E-state index contributed by atoms with van der Waals surface area (Å²) in [6.07, 6.45) is 0. The molecule has 2 heterocycles. The van der Waals surface area contributed by atoms with E-state index in [1.54, 1.807) is 0 Å². The number of benzene rings is 9. The maximum atomic E-state index is 6.25. The van der Waals surface area contributed by atoms with Gasteiger partial charge in [0.2, 0.25) is 0 Å². The van der Waals surface area contributed by atoms with Crippen LogP contribution in [0.15, 0.2) is 223 Å². The predicted molar refractivity (Wildman–Crippen MR) is 245 cm³/mol. The minimum absolute atomic E-state index is 0.681. The molecule has 3 heteroatoms. The molecule has 0 atom stereocenters. The van der Waals surface area contributed by atoms with Crippen molar-refractivity contribution in [3.63, 3.8) is 0 Å². The Kier molecular flexibility index (Phi) is 8.49. The fourth-order valence-corrected chi connectivity index (χ4v) is 8.27. The zero-order valence-electron chi connectivity index (χ0n) is 32.1. The summed E-state index contributed by atoms with van der Waals surface area (Å²) in [4.78, 5) is 10.5. The molecule has 0 spiro atoms. The number of furan rings is 1. The van der Waals surface area contributed by atoms with Gasteiger partial charge >= 0.3 is 0 Å². The first-order valence-corrected chi connectivity index (χ1v) is 20.0. The maximum Gasteiger partial charge on any atom is 0.160 e. The summed E-state index contributed by atoms with van der Waals surface area (Å²) in [5.41, 5.74) is 15.6. The quantitative estimate of drug-likeness (QED) is 0.163. The van der Waals surface area contributed by atoms with E-state index in [0.29, 0.717) is 5.82 Å². The van der Waals surface area contributed by atoms with Gasteiger partial charge in [0.1, 0.15) is 11.2 Å². The van der Waals surface area contributed by atoms with E-state index in [2.05, 4.69) is 182 Å². The molecule has 11 rings (SSSR count). The molecule has 0 aliphatic heterocycles. The van der Waals surface area contributed by atoms with Gasteiger partial charge in [0.15, 0.2) is 5.82 Å². The monoisotopic (exact) mass is 752 g/mol. The molecular weight excluding hydrogens is 717 g/mol. The van der Waals surface area contributed by atoms with E-state index in [1.165, 1.54) is 27.5 Å². The van der Waals surface area contributed by atoms with Crippen LogP contribution in [0.5, 0.6) is 0 Å². The highest BCUT2D eigenvalue weighted by molar-refractivity contribution is 6.06. The second-order valence-corrected chi connectivity index (χ2v) is 15.0. The number of rotatable bonds is 7. The lowest BCUT2D eigenvalue weighted by molar-refractivity contribution is 0.669. The molecule has 11 aromatic rings. The third kappa shape index (κ3) is 6.55. The standard InChI is InChI=1S/C56H36N2O/c1-3-13-37(14-4-1)39-23-26-40(27-24-39)52-36-53(58-56(57-52)41-16-5-2-6-17-41)47-33-45(43-29-30-55-51(35-43)50-21-11-12-22-54(50)59-55)32-46(34-47)49-20-10-9-19-48(49)44-28-25-38-15-7-8-18-42(38)31-44/h1-36H. The van der Waals surface area contributed by atoms with Crippen molar-refractivity contribution in [2.75, 3.05) is 0 Å². The second-order valence-electron chi connectivity index (χ2n) is 15.0. The number of para-hydroxylation sites is 1. The zero-order chi connectivity index (χ0) is 39.1. The van der Waals surface area contributed by atoms with Crippen LogP contribution in [-0.4, -0.2) is 9.97 Å².